The van der Waals surface area contributed by atoms with Gasteiger partial charge in [-0.3, -0.25) is 4.79 Å². The normalized spacial score (nSPS) is 10.4. The first-order chi connectivity index (χ1) is 12.1. The number of benzene rings is 2. The number of methoxy groups -OCH3 is 1. The molecule has 126 valence electrons. The second-order valence-electron chi connectivity index (χ2n) is 5.46. The fourth-order valence-electron chi connectivity index (χ4n) is 2.34. The summed E-state index contributed by atoms with van der Waals surface area (Å²) in [5.41, 5.74) is 2.41. The Hall–Kier alpha value is -3.28. The molecule has 0 bridgehead atoms. The van der Waals surface area contributed by atoms with Gasteiger partial charge in [0, 0.05) is 18.0 Å². The van der Waals surface area contributed by atoms with Crippen molar-refractivity contribution in [3.8, 4) is 17.1 Å². The fourth-order valence-corrected chi connectivity index (χ4v) is 2.34. The van der Waals surface area contributed by atoms with Crippen LogP contribution in [0.1, 0.15) is 15.9 Å². The van der Waals surface area contributed by atoms with Gasteiger partial charge in [0.25, 0.3) is 5.91 Å². The molecular weight excluding hydrogens is 321 g/mol. The summed E-state index contributed by atoms with van der Waals surface area (Å²) in [6.07, 6.45) is 2.82. The first-order valence-electron chi connectivity index (χ1n) is 7.61. The smallest absolute Gasteiger partial charge is 0.258 e. The molecule has 0 unspecified atom stereocenters. The Balaban J connectivity index is 1.81. The molecule has 5 nitrogen and oxygen atoms in total. The molecule has 0 spiro atoms. The van der Waals surface area contributed by atoms with E-state index in [0.29, 0.717) is 28.4 Å². The van der Waals surface area contributed by atoms with Gasteiger partial charge in [0.05, 0.1) is 18.4 Å². The Bertz CT molecular complexity index is 911. The lowest BCUT2D eigenvalue weighted by Gasteiger charge is -2.11. The molecule has 0 radical (unpaired) electrons. The molecule has 0 aliphatic rings. The van der Waals surface area contributed by atoms with Gasteiger partial charge in [-0.25, -0.2) is 14.4 Å². The van der Waals surface area contributed by atoms with Crippen LogP contribution in [0, 0.1) is 12.7 Å². The molecule has 0 saturated heterocycles. The van der Waals surface area contributed by atoms with Crippen molar-refractivity contribution in [1.29, 1.82) is 0 Å². The molecule has 0 fully saturated rings. The zero-order valence-corrected chi connectivity index (χ0v) is 13.8. The van der Waals surface area contributed by atoms with Gasteiger partial charge < -0.3 is 10.1 Å². The Morgan fingerprint density at radius 3 is 2.56 bits per heavy atom. The predicted molar refractivity (Wildman–Crippen MR) is 93.1 cm³/mol. The van der Waals surface area contributed by atoms with Crippen molar-refractivity contribution >= 4 is 11.6 Å². The van der Waals surface area contributed by atoms with Crippen LogP contribution in [0.5, 0.6) is 5.75 Å². The maximum absolute atomic E-state index is 13.3. The average Bonchev–Trinajstić information content (AvgIpc) is 2.62. The van der Waals surface area contributed by atoms with E-state index in [-0.39, 0.29) is 11.7 Å². The Labute approximate surface area is 144 Å². The molecular formula is C19H16FN3O2. The SMILES string of the molecule is COc1ccc(C)cc1NC(=O)c1cnc(-c2cccc(F)c2)nc1. The van der Waals surface area contributed by atoms with E-state index in [4.69, 9.17) is 4.74 Å². The van der Waals surface area contributed by atoms with Crippen LogP contribution in [0.3, 0.4) is 0 Å². The number of ether oxygens (including phenoxy) is 1. The highest BCUT2D eigenvalue weighted by molar-refractivity contribution is 6.04. The number of carbonyl (C=O) groups is 1. The summed E-state index contributed by atoms with van der Waals surface area (Å²) in [5.74, 6) is 0.199. The molecule has 3 aromatic rings. The number of halogens is 1. The van der Waals surface area contributed by atoms with Gasteiger partial charge in [-0.2, -0.15) is 0 Å². The van der Waals surface area contributed by atoms with Gasteiger partial charge in [-0.05, 0) is 36.8 Å². The molecule has 3 rings (SSSR count). The van der Waals surface area contributed by atoms with Crippen LogP contribution in [-0.2, 0) is 0 Å². The standard InChI is InChI=1S/C19H16FN3O2/c1-12-6-7-17(25-2)16(8-12)23-19(24)14-10-21-18(22-11-14)13-4-3-5-15(20)9-13/h3-11H,1-2H3,(H,23,24). The minimum Gasteiger partial charge on any atom is -0.495 e. The van der Waals surface area contributed by atoms with E-state index in [1.54, 1.807) is 18.2 Å². The molecule has 0 aliphatic carbocycles. The molecule has 6 heteroatoms. The quantitative estimate of drug-likeness (QED) is 0.785. The zero-order chi connectivity index (χ0) is 17.8. The Morgan fingerprint density at radius 1 is 1.12 bits per heavy atom. The van der Waals surface area contributed by atoms with Crippen molar-refractivity contribution in [3.05, 3.63) is 71.8 Å². The highest BCUT2D eigenvalue weighted by Crippen LogP contribution is 2.25. The number of amides is 1. The third-order valence-electron chi connectivity index (χ3n) is 3.60. The first kappa shape index (κ1) is 16.6. The lowest BCUT2D eigenvalue weighted by Crippen LogP contribution is -2.13. The maximum atomic E-state index is 13.3. The van der Waals surface area contributed by atoms with Crippen molar-refractivity contribution in [2.24, 2.45) is 0 Å². The molecule has 0 aliphatic heterocycles. The number of aromatic nitrogens is 2. The van der Waals surface area contributed by atoms with Crippen molar-refractivity contribution in [2.45, 2.75) is 6.92 Å². The summed E-state index contributed by atoms with van der Waals surface area (Å²) in [7, 11) is 1.54. The van der Waals surface area contributed by atoms with Gasteiger partial charge >= 0.3 is 0 Å². The summed E-state index contributed by atoms with van der Waals surface area (Å²) >= 11 is 0. The summed E-state index contributed by atoms with van der Waals surface area (Å²) in [5, 5.41) is 2.78. The highest BCUT2D eigenvalue weighted by atomic mass is 19.1. The Kier molecular flexibility index (Phi) is 4.70. The van der Waals surface area contributed by atoms with E-state index in [0.717, 1.165) is 5.56 Å². The van der Waals surface area contributed by atoms with Crippen molar-refractivity contribution < 1.29 is 13.9 Å². The van der Waals surface area contributed by atoms with E-state index in [2.05, 4.69) is 15.3 Å². The number of nitrogens with zero attached hydrogens (tertiary/aromatic N) is 2. The molecule has 1 aromatic heterocycles. The van der Waals surface area contributed by atoms with Crippen LogP contribution in [0.15, 0.2) is 54.9 Å². The predicted octanol–water partition coefficient (Wildman–Crippen LogP) is 3.85. The lowest BCUT2D eigenvalue weighted by molar-refractivity contribution is 0.102. The summed E-state index contributed by atoms with van der Waals surface area (Å²) < 4.78 is 18.5. The summed E-state index contributed by atoms with van der Waals surface area (Å²) in [4.78, 5) is 20.7. The van der Waals surface area contributed by atoms with E-state index in [1.165, 1.54) is 31.6 Å². The maximum Gasteiger partial charge on any atom is 0.258 e. The van der Waals surface area contributed by atoms with E-state index in [1.807, 2.05) is 19.1 Å². The lowest BCUT2D eigenvalue weighted by atomic mass is 10.2. The minimum absolute atomic E-state index is 0.295. The number of nitrogens with one attached hydrogen (secondary N) is 1. The molecule has 1 N–H and O–H groups in total. The van der Waals surface area contributed by atoms with Gasteiger partial charge in [-0.15, -0.1) is 0 Å². The molecule has 25 heavy (non-hydrogen) atoms. The Morgan fingerprint density at radius 2 is 1.88 bits per heavy atom. The van der Waals surface area contributed by atoms with Crippen LogP contribution < -0.4 is 10.1 Å². The monoisotopic (exact) mass is 337 g/mol. The summed E-state index contributed by atoms with van der Waals surface area (Å²) in [6.45, 7) is 1.92. The van der Waals surface area contributed by atoms with E-state index >= 15 is 0 Å². The average molecular weight is 337 g/mol. The van der Waals surface area contributed by atoms with Gasteiger partial charge in [0.15, 0.2) is 5.82 Å². The zero-order valence-electron chi connectivity index (χ0n) is 13.8. The minimum atomic E-state index is -0.366. The fraction of sp³-hybridized carbons (Fsp3) is 0.105. The number of carbonyl (C=O) groups excluding carboxylic acids is 1. The van der Waals surface area contributed by atoms with E-state index < -0.39 is 0 Å². The number of hydrogen-bond donors (Lipinski definition) is 1. The number of hydrogen-bond acceptors (Lipinski definition) is 4. The number of anilines is 1. The van der Waals surface area contributed by atoms with Gasteiger partial charge in [0.1, 0.15) is 11.6 Å². The summed E-state index contributed by atoms with van der Waals surface area (Å²) in [6, 6.07) is 11.5. The highest BCUT2D eigenvalue weighted by Gasteiger charge is 2.12. The van der Waals surface area contributed by atoms with Crippen LogP contribution in [0.2, 0.25) is 0 Å². The topological polar surface area (TPSA) is 64.1 Å². The van der Waals surface area contributed by atoms with Crippen molar-refractivity contribution in [1.82, 2.24) is 9.97 Å². The number of rotatable bonds is 4. The van der Waals surface area contributed by atoms with Gasteiger partial charge in [0.2, 0.25) is 0 Å². The molecule has 2 aromatic carbocycles. The van der Waals surface area contributed by atoms with Gasteiger partial charge in [-0.1, -0.05) is 18.2 Å². The van der Waals surface area contributed by atoms with Crippen LogP contribution in [0.25, 0.3) is 11.4 Å². The van der Waals surface area contributed by atoms with Crippen molar-refractivity contribution in [3.63, 3.8) is 0 Å². The molecule has 1 amide bonds. The largest absolute Gasteiger partial charge is 0.495 e. The molecule has 1 heterocycles. The number of aryl methyl sites for hydroxylation is 1. The first-order valence-corrected chi connectivity index (χ1v) is 7.61. The molecule has 0 saturated carbocycles. The van der Waals surface area contributed by atoms with Crippen LogP contribution in [-0.4, -0.2) is 23.0 Å². The second kappa shape index (κ2) is 7.09. The second-order valence-corrected chi connectivity index (χ2v) is 5.46. The van der Waals surface area contributed by atoms with Crippen molar-refractivity contribution in [2.75, 3.05) is 12.4 Å². The molecule has 0 atom stereocenters. The third kappa shape index (κ3) is 3.80. The van der Waals surface area contributed by atoms with Crippen LogP contribution >= 0.6 is 0 Å². The van der Waals surface area contributed by atoms with Crippen LogP contribution in [0.4, 0.5) is 10.1 Å². The third-order valence-corrected chi connectivity index (χ3v) is 3.60. The van der Waals surface area contributed by atoms with E-state index in [9.17, 15) is 9.18 Å².